The molecule has 0 heterocycles. The Morgan fingerprint density at radius 2 is 0.810 bits per heavy atom. The van der Waals surface area contributed by atoms with E-state index >= 15 is 0 Å². The molecule has 0 aliphatic carbocycles. The zero-order valence-electron chi connectivity index (χ0n) is 32.8. The largest absolute Gasteiger partial charge is 0.462 e. The topological polar surface area (TPSA) is 72.8 Å². The van der Waals surface area contributed by atoms with Gasteiger partial charge in [0.1, 0.15) is 6.56 Å². The Kier molecular flexibility index (Phi) is 26.4. The van der Waals surface area contributed by atoms with Crippen LogP contribution in [0.1, 0.15) is 213 Å². The predicted octanol–water partition coefficient (Wildman–Crippen LogP) is 11.2. The fourth-order valence-electron chi connectivity index (χ4n) is 5.31. The number of unbranched alkanes of at least 4 members (excludes halogenated alkanes) is 26. The average Bonchev–Trinajstić information content (AvgIpc) is 3.00. The van der Waals surface area contributed by atoms with Crippen molar-refractivity contribution in [2.24, 2.45) is 0 Å². The first-order valence-electron chi connectivity index (χ1n) is 20.6. The summed E-state index contributed by atoms with van der Waals surface area (Å²) in [6.07, 6.45) is 28.5. The first-order chi connectivity index (χ1) is 22.4. The molecule has 0 aliphatic rings. The zero-order chi connectivity index (χ0) is 35.3. The Labute approximate surface area is 268 Å². The molecule has 0 fully saturated rings. The molecule has 1 unspecified atom stereocenters. The van der Waals surface area contributed by atoms with Crippen LogP contribution >= 0.6 is 0 Å². The van der Waals surface area contributed by atoms with E-state index in [-0.39, 0.29) is 12.8 Å². The quantitative estimate of drug-likeness (QED) is 0.0586. The zero-order valence-corrected chi connectivity index (χ0v) is 27.8. The van der Waals surface area contributed by atoms with Crippen molar-refractivity contribution in [3.8, 4) is 0 Å². The maximum atomic E-state index is 12.5. The second kappa shape index (κ2) is 34.4. The Balaban J connectivity index is 4.18. The van der Waals surface area contributed by atoms with Crippen LogP contribution in [0.2, 0.25) is 0 Å². The Morgan fingerprint density at radius 1 is 0.524 bits per heavy atom. The molecular formula is C37H72O5. The van der Waals surface area contributed by atoms with E-state index in [1.807, 2.05) is 0 Å². The van der Waals surface area contributed by atoms with Crippen LogP contribution in [-0.4, -0.2) is 36.2 Å². The summed E-state index contributed by atoms with van der Waals surface area (Å²) >= 11 is 0. The highest BCUT2D eigenvalue weighted by molar-refractivity contribution is 5.70. The lowest BCUT2D eigenvalue weighted by atomic mass is 10.0. The molecule has 0 aromatic rings. The molecule has 1 atom stereocenters. The molecule has 0 amide bonds. The molecule has 0 radical (unpaired) electrons. The van der Waals surface area contributed by atoms with E-state index in [0.29, 0.717) is 12.8 Å². The maximum Gasteiger partial charge on any atom is 0.306 e. The van der Waals surface area contributed by atoms with Gasteiger partial charge in [0, 0.05) is 12.8 Å². The fraction of sp³-hybridized carbons (Fsp3) is 0.946. The number of rotatable bonds is 34. The van der Waals surface area contributed by atoms with Gasteiger partial charge in [-0.3, -0.25) is 9.59 Å². The Bertz CT molecular complexity index is 762. The molecule has 0 saturated heterocycles. The van der Waals surface area contributed by atoms with E-state index in [9.17, 15) is 14.7 Å². The molecule has 0 spiro atoms. The SMILES string of the molecule is [2H]C([2H])(O)C([2H])(OC(=O)CCCCCCCCCCCCCCCCC)C([2H])([2H])OC(=O)CCCCCCCCCCCCCCC. The van der Waals surface area contributed by atoms with Gasteiger partial charge >= 0.3 is 11.9 Å². The minimum Gasteiger partial charge on any atom is -0.462 e. The molecule has 0 aromatic heterocycles. The number of carbonyl (C=O) groups is 2. The number of ether oxygens (including phenoxy) is 2. The second-order valence-electron chi connectivity index (χ2n) is 12.2. The standard InChI is InChI=1S/C37H72O5/c1-3-5-7-9-11-13-15-17-18-20-22-24-26-28-30-32-37(40)42-35(33-38)34-41-36(39)31-29-27-25-23-21-19-16-14-12-10-8-6-4-2/h35,38H,3-34H2,1-2H3/i33D2,34D2,35D. The summed E-state index contributed by atoms with van der Waals surface area (Å²) in [5.41, 5.74) is 0. The summed E-state index contributed by atoms with van der Waals surface area (Å²) in [6, 6.07) is 0. The number of carbonyl (C=O) groups excluding carboxylic acids is 2. The Morgan fingerprint density at radius 3 is 1.12 bits per heavy atom. The molecular weight excluding hydrogens is 524 g/mol. The lowest BCUT2D eigenvalue weighted by Crippen LogP contribution is -2.28. The molecule has 5 heteroatoms. The van der Waals surface area contributed by atoms with Crippen LogP contribution in [0, 0.1) is 0 Å². The molecule has 0 aromatic carbocycles. The molecule has 1 N–H and O–H groups in total. The van der Waals surface area contributed by atoms with Crippen LogP contribution in [0.25, 0.3) is 0 Å². The lowest BCUT2D eigenvalue weighted by molar-refractivity contribution is -0.161. The molecule has 0 aliphatic heterocycles. The first-order valence-corrected chi connectivity index (χ1v) is 18.1. The minimum atomic E-state index is -3.60. The van der Waals surface area contributed by atoms with Gasteiger partial charge in [-0.15, -0.1) is 0 Å². The van der Waals surface area contributed by atoms with Gasteiger partial charge in [-0.25, -0.2) is 0 Å². The van der Waals surface area contributed by atoms with E-state index in [1.165, 1.54) is 116 Å². The van der Waals surface area contributed by atoms with Crippen LogP contribution in [0.5, 0.6) is 0 Å². The molecule has 0 saturated carbocycles. The van der Waals surface area contributed by atoms with Gasteiger partial charge in [-0.1, -0.05) is 181 Å². The second-order valence-corrected chi connectivity index (χ2v) is 12.2. The highest BCUT2D eigenvalue weighted by Crippen LogP contribution is 2.15. The highest BCUT2D eigenvalue weighted by atomic mass is 16.6. The number of esters is 2. The van der Waals surface area contributed by atoms with E-state index in [0.717, 1.165) is 51.4 Å². The molecule has 0 rings (SSSR count). The van der Waals surface area contributed by atoms with Crippen molar-refractivity contribution in [3.05, 3.63) is 0 Å². The third-order valence-electron chi connectivity index (χ3n) is 8.04. The molecule has 250 valence electrons. The summed E-state index contributed by atoms with van der Waals surface area (Å²) in [5, 5.41) is 9.97. The molecule has 5 nitrogen and oxygen atoms in total. The summed E-state index contributed by atoms with van der Waals surface area (Å²) in [6.45, 7) is -2.52. The van der Waals surface area contributed by atoms with Gasteiger partial charge in [-0.05, 0) is 12.8 Å². The third kappa shape index (κ3) is 31.8. The molecule has 0 bridgehead atoms. The highest BCUT2D eigenvalue weighted by Gasteiger charge is 2.16. The summed E-state index contributed by atoms with van der Waals surface area (Å²) < 4.78 is 49.3. The normalized spacial score (nSPS) is 15.2. The van der Waals surface area contributed by atoms with Gasteiger partial charge in [0.2, 0.25) is 0 Å². The van der Waals surface area contributed by atoms with Gasteiger partial charge in [0.15, 0.2) is 6.08 Å². The van der Waals surface area contributed by atoms with Crippen molar-refractivity contribution in [1.82, 2.24) is 0 Å². The lowest BCUT2D eigenvalue weighted by Gasteiger charge is -2.15. The van der Waals surface area contributed by atoms with Crippen molar-refractivity contribution in [1.29, 1.82) is 0 Å². The van der Waals surface area contributed by atoms with Crippen LogP contribution in [0.15, 0.2) is 0 Å². The van der Waals surface area contributed by atoms with Gasteiger partial charge in [0.05, 0.1) is 13.4 Å². The minimum absolute atomic E-state index is 0.102. The third-order valence-corrected chi connectivity index (χ3v) is 8.04. The first kappa shape index (κ1) is 32.3. The average molecular weight is 602 g/mol. The van der Waals surface area contributed by atoms with Gasteiger partial charge in [0.25, 0.3) is 0 Å². The van der Waals surface area contributed by atoms with Crippen molar-refractivity contribution in [2.75, 3.05) is 13.1 Å². The summed E-state index contributed by atoms with van der Waals surface area (Å²) in [7, 11) is 0. The van der Waals surface area contributed by atoms with Crippen LogP contribution in [0.3, 0.4) is 0 Å². The van der Waals surface area contributed by atoms with Crippen LogP contribution < -0.4 is 0 Å². The smallest absolute Gasteiger partial charge is 0.306 e. The number of aliphatic hydroxyl groups is 1. The van der Waals surface area contributed by atoms with Gasteiger partial charge in [-0.2, -0.15) is 0 Å². The number of hydrogen-bond donors (Lipinski definition) is 1. The van der Waals surface area contributed by atoms with Crippen molar-refractivity contribution in [3.63, 3.8) is 0 Å². The number of hydrogen-bond acceptors (Lipinski definition) is 5. The van der Waals surface area contributed by atoms with Crippen LogP contribution in [-0.2, 0) is 19.1 Å². The van der Waals surface area contributed by atoms with Gasteiger partial charge < -0.3 is 14.6 Å². The summed E-state index contributed by atoms with van der Waals surface area (Å²) in [4.78, 5) is 24.8. The van der Waals surface area contributed by atoms with E-state index in [4.69, 9.17) is 16.3 Å². The predicted molar refractivity (Wildman–Crippen MR) is 178 cm³/mol. The van der Waals surface area contributed by atoms with Crippen molar-refractivity contribution >= 4 is 11.9 Å². The van der Waals surface area contributed by atoms with Crippen LogP contribution in [0.4, 0.5) is 0 Å². The van der Waals surface area contributed by atoms with Crippen molar-refractivity contribution in [2.45, 2.75) is 213 Å². The summed E-state index contributed by atoms with van der Waals surface area (Å²) in [5.74, 6) is -1.97. The maximum absolute atomic E-state index is 12.5. The molecule has 42 heavy (non-hydrogen) atoms. The van der Waals surface area contributed by atoms with E-state index < -0.39 is 31.1 Å². The van der Waals surface area contributed by atoms with Crippen molar-refractivity contribution < 1.29 is 31.0 Å². The monoisotopic (exact) mass is 602 g/mol. The van der Waals surface area contributed by atoms with E-state index in [2.05, 4.69) is 13.8 Å². The Hall–Kier alpha value is -1.10. The van der Waals surface area contributed by atoms with E-state index in [1.54, 1.807) is 0 Å². The fourth-order valence-corrected chi connectivity index (χ4v) is 5.31.